The van der Waals surface area contributed by atoms with Gasteiger partial charge in [0.25, 0.3) is 0 Å². The fourth-order valence-electron chi connectivity index (χ4n) is 2.18. The van der Waals surface area contributed by atoms with Gasteiger partial charge in [-0.3, -0.25) is 0 Å². The maximum atomic E-state index is 12.1. The second-order valence-corrected chi connectivity index (χ2v) is 4.95. The van der Waals surface area contributed by atoms with Crippen LogP contribution in [0.1, 0.15) is 30.1 Å². The highest BCUT2D eigenvalue weighted by atomic mass is 16.4. The minimum atomic E-state index is -1.04. The maximum Gasteiger partial charge on any atom is 0.337 e. The number of aromatic carboxylic acids is 1. The number of hydrogen-bond donors (Lipinski definition) is 2. The van der Waals surface area contributed by atoms with Crippen molar-refractivity contribution in [2.24, 2.45) is 5.92 Å². The summed E-state index contributed by atoms with van der Waals surface area (Å²) < 4.78 is 0. The molecule has 1 saturated heterocycles. The van der Waals surface area contributed by atoms with Crippen molar-refractivity contribution in [2.45, 2.75) is 19.8 Å². The third kappa shape index (κ3) is 3.24. The lowest BCUT2D eigenvalue weighted by Gasteiger charge is -2.30. The van der Waals surface area contributed by atoms with E-state index in [1.165, 1.54) is 6.07 Å². The molecule has 0 saturated carbocycles. The van der Waals surface area contributed by atoms with E-state index >= 15 is 0 Å². The molecule has 0 spiro atoms. The molecule has 1 aromatic carbocycles. The molecule has 2 N–H and O–H groups in total. The molecule has 2 rings (SSSR count). The van der Waals surface area contributed by atoms with Crippen molar-refractivity contribution in [1.29, 1.82) is 0 Å². The average Bonchev–Trinajstić information content (AvgIpc) is 2.39. The Morgan fingerprint density at radius 2 is 1.89 bits per heavy atom. The van der Waals surface area contributed by atoms with Crippen LogP contribution in [0.5, 0.6) is 0 Å². The first kappa shape index (κ1) is 13.4. The molecule has 19 heavy (non-hydrogen) atoms. The highest BCUT2D eigenvalue weighted by molar-refractivity contribution is 5.99. The molecule has 0 bridgehead atoms. The highest BCUT2D eigenvalue weighted by Gasteiger charge is 2.21. The van der Waals surface area contributed by atoms with Crippen LogP contribution in [-0.4, -0.2) is 35.1 Å². The summed E-state index contributed by atoms with van der Waals surface area (Å²) in [4.78, 5) is 24.9. The molecule has 2 amide bonds. The molecule has 0 aromatic heterocycles. The van der Waals surface area contributed by atoms with Gasteiger partial charge in [0, 0.05) is 13.1 Å². The van der Waals surface area contributed by atoms with Crippen molar-refractivity contribution >= 4 is 17.7 Å². The van der Waals surface area contributed by atoms with Gasteiger partial charge in [-0.05, 0) is 30.9 Å². The van der Waals surface area contributed by atoms with Crippen LogP contribution >= 0.6 is 0 Å². The Balaban J connectivity index is 2.05. The Bertz CT molecular complexity index is 479. The molecular weight excluding hydrogens is 244 g/mol. The Morgan fingerprint density at radius 1 is 1.26 bits per heavy atom. The fourth-order valence-corrected chi connectivity index (χ4v) is 2.18. The SMILES string of the molecule is CC1CCN(C(=O)Nc2ccccc2C(=O)O)CC1. The normalized spacial score (nSPS) is 16.2. The molecule has 1 heterocycles. The van der Waals surface area contributed by atoms with Crippen LogP contribution in [0.3, 0.4) is 0 Å². The molecule has 5 nitrogen and oxygen atoms in total. The summed E-state index contributed by atoms with van der Waals surface area (Å²) >= 11 is 0. The Morgan fingerprint density at radius 3 is 2.53 bits per heavy atom. The summed E-state index contributed by atoms with van der Waals surface area (Å²) in [7, 11) is 0. The van der Waals surface area contributed by atoms with Gasteiger partial charge in [0.2, 0.25) is 0 Å². The largest absolute Gasteiger partial charge is 0.478 e. The van der Waals surface area contributed by atoms with E-state index in [4.69, 9.17) is 5.11 Å². The molecule has 1 aliphatic rings. The van der Waals surface area contributed by atoms with Crippen molar-refractivity contribution in [1.82, 2.24) is 4.90 Å². The lowest BCUT2D eigenvalue weighted by Crippen LogP contribution is -2.40. The number of para-hydroxylation sites is 1. The number of rotatable bonds is 2. The van der Waals surface area contributed by atoms with Gasteiger partial charge in [0.1, 0.15) is 0 Å². The number of benzene rings is 1. The monoisotopic (exact) mass is 262 g/mol. The summed E-state index contributed by atoms with van der Waals surface area (Å²) in [6.45, 7) is 3.62. The van der Waals surface area contributed by atoms with Crippen LogP contribution in [0, 0.1) is 5.92 Å². The first-order valence-electron chi connectivity index (χ1n) is 6.46. The highest BCUT2D eigenvalue weighted by Crippen LogP contribution is 2.19. The Labute approximate surface area is 112 Å². The van der Waals surface area contributed by atoms with Crippen LogP contribution in [0.4, 0.5) is 10.5 Å². The van der Waals surface area contributed by atoms with E-state index in [0.29, 0.717) is 11.6 Å². The standard InChI is InChI=1S/C14H18N2O3/c1-10-6-8-16(9-7-10)14(19)15-12-5-3-2-4-11(12)13(17)18/h2-5,10H,6-9H2,1H3,(H,15,19)(H,17,18). The summed E-state index contributed by atoms with van der Waals surface area (Å²) in [6, 6.07) is 6.22. The number of piperidine rings is 1. The second kappa shape index (κ2) is 5.73. The van der Waals surface area contributed by atoms with E-state index in [0.717, 1.165) is 25.9 Å². The van der Waals surface area contributed by atoms with Crippen molar-refractivity contribution in [2.75, 3.05) is 18.4 Å². The number of amides is 2. The first-order chi connectivity index (χ1) is 9.08. The van der Waals surface area contributed by atoms with Gasteiger partial charge in [-0.1, -0.05) is 19.1 Å². The molecular formula is C14H18N2O3. The molecule has 1 aliphatic heterocycles. The molecule has 1 fully saturated rings. The van der Waals surface area contributed by atoms with E-state index in [1.807, 2.05) is 0 Å². The maximum absolute atomic E-state index is 12.1. The third-order valence-corrected chi connectivity index (χ3v) is 3.47. The predicted molar refractivity (Wildman–Crippen MR) is 72.4 cm³/mol. The number of likely N-dealkylation sites (tertiary alicyclic amines) is 1. The van der Waals surface area contributed by atoms with Crippen LogP contribution in [0.15, 0.2) is 24.3 Å². The van der Waals surface area contributed by atoms with E-state index in [9.17, 15) is 9.59 Å². The fraction of sp³-hybridized carbons (Fsp3) is 0.429. The lowest BCUT2D eigenvalue weighted by molar-refractivity contribution is 0.0698. The zero-order valence-corrected chi connectivity index (χ0v) is 10.9. The van der Waals surface area contributed by atoms with Gasteiger partial charge in [-0.25, -0.2) is 9.59 Å². The van der Waals surface area contributed by atoms with Gasteiger partial charge in [0.15, 0.2) is 0 Å². The average molecular weight is 262 g/mol. The summed E-state index contributed by atoms with van der Waals surface area (Å²) in [6.07, 6.45) is 1.99. The number of nitrogens with one attached hydrogen (secondary N) is 1. The Hall–Kier alpha value is -2.04. The number of carboxylic acid groups (broad SMARTS) is 1. The molecule has 0 atom stereocenters. The lowest BCUT2D eigenvalue weighted by atomic mass is 10.00. The molecule has 1 aromatic rings. The van der Waals surface area contributed by atoms with Crippen molar-refractivity contribution in [3.05, 3.63) is 29.8 Å². The smallest absolute Gasteiger partial charge is 0.337 e. The van der Waals surface area contributed by atoms with E-state index in [2.05, 4.69) is 12.2 Å². The summed E-state index contributed by atoms with van der Waals surface area (Å²) in [5.41, 5.74) is 0.458. The third-order valence-electron chi connectivity index (χ3n) is 3.47. The van der Waals surface area contributed by atoms with Crippen molar-refractivity contribution in [3.8, 4) is 0 Å². The van der Waals surface area contributed by atoms with E-state index in [-0.39, 0.29) is 11.6 Å². The van der Waals surface area contributed by atoms with Crippen LogP contribution in [-0.2, 0) is 0 Å². The second-order valence-electron chi connectivity index (χ2n) is 4.95. The van der Waals surface area contributed by atoms with Gasteiger partial charge in [-0.2, -0.15) is 0 Å². The predicted octanol–water partition coefficient (Wildman–Crippen LogP) is 2.65. The molecule has 5 heteroatoms. The van der Waals surface area contributed by atoms with Gasteiger partial charge < -0.3 is 15.3 Å². The topological polar surface area (TPSA) is 69.6 Å². The van der Waals surface area contributed by atoms with Crippen molar-refractivity contribution in [3.63, 3.8) is 0 Å². The van der Waals surface area contributed by atoms with Crippen LogP contribution in [0.2, 0.25) is 0 Å². The number of carbonyl (C=O) groups is 2. The zero-order valence-electron chi connectivity index (χ0n) is 10.9. The number of hydrogen-bond acceptors (Lipinski definition) is 2. The minimum Gasteiger partial charge on any atom is -0.478 e. The summed E-state index contributed by atoms with van der Waals surface area (Å²) in [5.74, 6) is -0.390. The number of anilines is 1. The van der Waals surface area contributed by atoms with Gasteiger partial charge in [0.05, 0.1) is 11.3 Å². The number of carbonyl (C=O) groups excluding carboxylic acids is 1. The number of urea groups is 1. The van der Waals surface area contributed by atoms with Crippen LogP contribution < -0.4 is 5.32 Å². The number of nitrogens with zero attached hydrogens (tertiary/aromatic N) is 1. The van der Waals surface area contributed by atoms with E-state index < -0.39 is 5.97 Å². The molecule has 0 aliphatic carbocycles. The molecule has 102 valence electrons. The van der Waals surface area contributed by atoms with Gasteiger partial charge in [-0.15, -0.1) is 0 Å². The van der Waals surface area contributed by atoms with E-state index in [1.54, 1.807) is 23.1 Å². The Kier molecular flexibility index (Phi) is 4.04. The first-order valence-corrected chi connectivity index (χ1v) is 6.46. The quantitative estimate of drug-likeness (QED) is 0.860. The number of carboxylic acids is 1. The van der Waals surface area contributed by atoms with Gasteiger partial charge >= 0.3 is 12.0 Å². The zero-order chi connectivity index (χ0) is 13.8. The van der Waals surface area contributed by atoms with Crippen molar-refractivity contribution < 1.29 is 14.7 Å². The van der Waals surface area contributed by atoms with Crippen LogP contribution in [0.25, 0.3) is 0 Å². The molecule has 0 radical (unpaired) electrons. The summed E-state index contributed by atoms with van der Waals surface area (Å²) in [5, 5.41) is 11.7. The molecule has 0 unspecified atom stereocenters. The minimum absolute atomic E-state index is 0.112.